The summed E-state index contributed by atoms with van der Waals surface area (Å²) in [5, 5.41) is -0.398. The van der Waals surface area contributed by atoms with Gasteiger partial charge in [0.2, 0.25) is 0 Å². The Morgan fingerprint density at radius 1 is 1.88 bits per heavy atom. The highest BCUT2D eigenvalue weighted by Gasteiger charge is 2.29. The Morgan fingerprint density at radius 2 is 2.50 bits per heavy atom. The molecule has 2 nitrogen and oxygen atoms in total. The molecule has 0 spiro atoms. The van der Waals surface area contributed by atoms with E-state index in [4.69, 9.17) is 16.3 Å². The fourth-order valence-electron chi connectivity index (χ4n) is 0.708. The molecule has 1 aliphatic heterocycles. The predicted octanol–water partition coefficient (Wildman–Crippen LogP) is 0.929. The number of carbonyl (C=O) groups excluding carboxylic acids is 1. The Kier molecular flexibility index (Phi) is 1.43. The molecule has 0 N–H and O–H groups in total. The van der Waals surface area contributed by atoms with Gasteiger partial charge < -0.3 is 4.74 Å². The summed E-state index contributed by atoms with van der Waals surface area (Å²) in [5.41, 5.74) is 0. The lowest BCUT2D eigenvalue weighted by atomic mass is 10.3. The fraction of sp³-hybridized carbons (Fsp3) is 0.800. The zero-order chi connectivity index (χ0) is 6.15. The van der Waals surface area contributed by atoms with Crippen LogP contribution in [0.5, 0.6) is 0 Å². The van der Waals surface area contributed by atoms with Crippen molar-refractivity contribution in [3.63, 3.8) is 0 Å². The van der Waals surface area contributed by atoms with E-state index >= 15 is 0 Å². The molecule has 1 fully saturated rings. The number of alkyl halides is 1. The second-order valence-electron chi connectivity index (χ2n) is 1.95. The Labute approximate surface area is 52.8 Å². The SMILES string of the molecule is CC1CC(Cl)C(=O)O1. The van der Waals surface area contributed by atoms with E-state index in [9.17, 15) is 4.79 Å². The first kappa shape index (κ1) is 5.89. The number of ether oxygens (including phenoxy) is 1. The van der Waals surface area contributed by atoms with Gasteiger partial charge in [0, 0.05) is 6.42 Å². The summed E-state index contributed by atoms with van der Waals surface area (Å²) < 4.78 is 4.70. The van der Waals surface area contributed by atoms with Gasteiger partial charge in [-0.15, -0.1) is 11.6 Å². The van der Waals surface area contributed by atoms with Gasteiger partial charge in [-0.05, 0) is 6.92 Å². The molecule has 1 rings (SSSR count). The summed E-state index contributed by atoms with van der Waals surface area (Å²) >= 11 is 5.48. The minimum Gasteiger partial charge on any atom is -0.461 e. The Hall–Kier alpha value is -0.240. The minimum absolute atomic E-state index is 0.0185. The largest absolute Gasteiger partial charge is 0.461 e. The van der Waals surface area contributed by atoms with Crippen molar-refractivity contribution >= 4 is 17.6 Å². The second kappa shape index (κ2) is 1.94. The summed E-state index contributed by atoms with van der Waals surface area (Å²) in [6.07, 6.45) is 0.672. The average molecular weight is 135 g/mol. The van der Waals surface area contributed by atoms with E-state index in [0.29, 0.717) is 6.42 Å². The first-order valence-corrected chi connectivity index (χ1v) is 2.98. The van der Waals surface area contributed by atoms with E-state index in [1.165, 1.54) is 0 Å². The van der Waals surface area contributed by atoms with Crippen molar-refractivity contribution in [3.05, 3.63) is 0 Å². The van der Waals surface area contributed by atoms with E-state index in [1.807, 2.05) is 6.92 Å². The molecule has 1 saturated heterocycles. The van der Waals surface area contributed by atoms with Gasteiger partial charge in [0.25, 0.3) is 0 Å². The van der Waals surface area contributed by atoms with Crippen LogP contribution in [-0.4, -0.2) is 17.5 Å². The molecule has 2 atom stereocenters. The molecule has 0 bridgehead atoms. The molecule has 8 heavy (non-hydrogen) atoms. The summed E-state index contributed by atoms with van der Waals surface area (Å²) in [5.74, 6) is -0.279. The van der Waals surface area contributed by atoms with Gasteiger partial charge in [-0.1, -0.05) is 0 Å². The predicted molar refractivity (Wildman–Crippen MR) is 29.8 cm³/mol. The van der Waals surface area contributed by atoms with Crippen LogP contribution >= 0.6 is 11.6 Å². The van der Waals surface area contributed by atoms with Crippen LogP contribution in [0, 0.1) is 0 Å². The number of halogens is 1. The second-order valence-corrected chi connectivity index (χ2v) is 2.48. The van der Waals surface area contributed by atoms with E-state index in [0.717, 1.165) is 0 Å². The highest BCUT2D eigenvalue weighted by molar-refractivity contribution is 6.30. The molecule has 46 valence electrons. The highest BCUT2D eigenvalue weighted by Crippen LogP contribution is 2.18. The normalized spacial score (nSPS) is 37.5. The summed E-state index contributed by atoms with van der Waals surface area (Å²) in [6, 6.07) is 0. The van der Waals surface area contributed by atoms with Crippen LogP contribution in [0.1, 0.15) is 13.3 Å². The van der Waals surface area contributed by atoms with E-state index in [2.05, 4.69) is 0 Å². The van der Waals surface area contributed by atoms with Gasteiger partial charge in [0.15, 0.2) is 0 Å². The zero-order valence-electron chi connectivity index (χ0n) is 4.56. The third kappa shape index (κ3) is 0.944. The molecule has 0 aliphatic carbocycles. The zero-order valence-corrected chi connectivity index (χ0v) is 5.31. The number of carbonyl (C=O) groups is 1. The van der Waals surface area contributed by atoms with Crippen LogP contribution in [0.15, 0.2) is 0 Å². The molecule has 3 heteroatoms. The molecular weight excluding hydrogens is 128 g/mol. The fourth-order valence-corrected chi connectivity index (χ4v) is 1.01. The van der Waals surface area contributed by atoms with Gasteiger partial charge in [-0.2, -0.15) is 0 Å². The Bertz CT molecular complexity index is 113. The maximum atomic E-state index is 10.4. The Morgan fingerprint density at radius 3 is 2.62 bits per heavy atom. The number of esters is 1. The molecular formula is C5H7ClO2. The van der Waals surface area contributed by atoms with Crippen LogP contribution in [0.25, 0.3) is 0 Å². The van der Waals surface area contributed by atoms with Crippen LogP contribution in [0.2, 0.25) is 0 Å². The molecule has 0 saturated carbocycles. The van der Waals surface area contributed by atoms with Gasteiger partial charge >= 0.3 is 5.97 Å². The van der Waals surface area contributed by atoms with Gasteiger partial charge in [-0.25, -0.2) is 0 Å². The standard InChI is InChI=1S/C5H7ClO2/c1-3-2-4(6)5(7)8-3/h3-4H,2H2,1H3. The lowest BCUT2D eigenvalue weighted by Gasteiger charge is -1.95. The number of hydrogen-bond donors (Lipinski definition) is 0. The molecule has 1 aliphatic rings. The summed E-state index contributed by atoms with van der Waals surface area (Å²) in [4.78, 5) is 10.4. The van der Waals surface area contributed by atoms with Gasteiger partial charge in [0.05, 0.1) is 0 Å². The first-order valence-electron chi connectivity index (χ1n) is 2.54. The molecule has 0 aromatic heterocycles. The summed E-state index contributed by atoms with van der Waals surface area (Å²) in [7, 11) is 0. The number of cyclic esters (lactones) is 1. The smallest absolute Gasteiger partial charge is 0.324 e. The summed E-state index contributed by atoms with van der Waals surface area (Å²) in [6.45, 7) is 1.83. The van der Waals surface area contributed by atoms with Crippen molar-refractivity contribution < 1.29 is 9.53 Å². The van der Waals surface area contributed by atoms with Crippen LogP contribution in [0.4, 0.5) is 0 Å². The van der Waals surface area contributed by atoms with Crippen LogP contribution < -0.4 is 0 Å². The van der Waals surface area contributed by atoms with Crippen molar-refractivity contribution in [1.29, 1.82) is 0 Å². The van der Waals surface area contributed by atoms with Crippen LogP contribution in [0.3, 0.4) is 0 Å². The number of rotatable bonds is 0. The average Bonchev–Trinajstić information content (AvgIpc) is 1.85. The van der Waals surface area contributed by atoms with Crippen molar-refractivity contribution in [2.45, 2.75) is 24.8 Å². The quantitative estimate of drug-likeness (QED) is 0.364. The maximum absolute atomic E-state index is 10.4. The molecule has 2 unspecified atom stereocenters. The highest BCUT2D eigenvalue weighted by atomic mass is 35.5. The monoisotopic (exact) mass is 134 g/mol. The van der Waals surface area contributed by atoms with Crippen molar-refractivity contribution in [2.75, 3.05) is 0 Å². The van der Waals surface area contributed by atoms with E-state index in [1.54, 1.807) is 0 Å². The molecule has 0 amide bonds. The molecule has 0 radical (unpaired) electrons. The van der Waals surface area contributed by atoms with E-state index in [-0.39, 0.29) is 12.1 Å². The number of hydrogen-bond acceptors (Lipinski definition) is 2. The lowest BCUT2D eigenvalue weighted by molar-refractivity contribution is -0.140. The Balaban J connectivity index is 2.51. The first-order chi connectivity index (χ1) is 3.70. The van der Waals surface area contributed by atoms with Gasteiger partial charge in [0.1, 0.15) is 11.5 Å². The van der Waals surface area contributed by atoms with Crippen molar-refractivity contribution in [3.8, 4) is 0 Å². The molecule has 1 heterocycles. The van der Waals surface area contributed by atoms with E-state index < -0.39 is 5.38 Å². The molecule has 0 aromatic carbocycles. The van der Waals surface area contributed by atoms with Crippen molar-refractivity contribution in [2.24, 2.45) is 0 Å². The third-order valence-electron chi connectivity index (χ3n) is 1.11. The van der Waals surface area contributed by atoms with Crippen LogP contribution in [-0.2, 0) is 9.53 Å². The van der Waals surface area contributed by atoms with Gasteiger partial charge in [-0.3, -0.25) is 4.79 Å². The third-order valence-corrected chi connectivity index (χ3v) is 1.47. The van der Waals surface area contributed by atoms with Crippen molar-refractivity contribution in [1.82, 2.24) is 0 Å². The topological polar surface area (TPSA) is 26.3 Å². The lowest BCUT2D eigenvalue weighted by Crippen LogP contribution is -2.04. The molecule has 0 aromatic rings. The maximum Gasteiger partial charge on any atom is 0.324 e. The minimum atomic E-state index is -0.398.